The molecule has 0 radical (unpaired) electrons. The summed E-state index contributed by atoms with van der Waals surface area (Å²) in [6, 6.07) is 1.61. The van der Waals surface area contributed by atoms with E-state index in [2.05, 4.69) is 35.6 Å². The standard InChI is InChI=1S/C14H29N3/c1-4-7-16-10-11-17(12-13(16)2)14-5-8-15(3)9-6-14/h13-14H,4-12H2,1-3H3. The van der Waals surface area contributed by atoms with Gasteiger partial charge in [0, 0.05) is 31.7 Å². The van der Waals surface area contributed by atoms with E-state index in [0.29, 0.717) is 0 Å². The minimum absolute atomic E-state index is 0.753. The summed E-state index contributed by atoms with van der Waals surface area (Å²) in [7, 11) is 2.25. The molecule has 1 unspecified atom stereocenters. The molecule has 0 bridgehead atoms. The van der Waals surface area contributed by atoms with Crippen LogP contribution in [0.3, 0.4) is 0 Å². The highest BCUT2D eigenvalue weighted by Gasteiger charge is 2.29. The van der Waals surface area contributed by atoms with Crippen LogP contribution in [0.1, 0.15) is 33.1 Å². The third-order valence-corrected chi connectivity index (χ3v) is 4.51. The molecule has 0 spiro atoms. The molecule has 0 N–H and O–H groups in total. The number of piperidine rings is 1. The van der Waals surface area contributed by atoms with E-state index in [1.807, 2.05) is 0 Å². The summed E-state index contributed by atoms with van der Waals surface area (Å²) >= 11 is 0. The lowest BCUT2D eigenvalue weighted by Gasteiger charge is -2.45. The first-order valence-electron chi connectivity index (χ1n) is 7.37. The van der Waals surface area contributed by atoms with Crippen molar-refractivity contribution in [2.45, 2.75) is 45.2 Å². The molecule has 17 heavy (non-hydrogen) atoms. The Kier molecular flexibility index (Phi) is 4.83. The number of rotatable bonds is 3. The quantitative estimate of drug-likeness (QED) is 0.739. The molecule has 2 aliphatic rings. The molecule has 2 heterocycles. The Labute approximate surface area is 107 Å². The van der Waals surface area contributed by atoms with Gasteiger partial charge in [0.25, 0.3) is 0 Å². The number of nitrogens with zero attached hydrogens (tertiary/aromatic N) is 3. The molecule has 2 fully saturated rings. The van der Waals surface area contributed by atoms with Crippen LogP contribution >= 0.6 is 0 Å². The molecule has 3 heteroatoms. The molecule has 0 aromatic rings. The smallest absolute Gasteiger partial charge is 0.0195 e. The van der Waals surface area contributed by atoms with Crippen LogP contribution in [0.25, 0.3) is 0 Å². The largest absolute Gasteiger partial charge is 0.306 e. The molecule has 0 amide bonds. The summed E-state index contributed by atoms with van der Waals surface area (Å²) in [5.41, 5.74) is 0. The van der Waals surface area contributed by atoms with E-state index < -0.39 is 0 Å². The zero-order chi connectivity index (χ0) is 12.3. The van der Waals surface area contributed by atoms with E-state index in [0.717, 1.165) is 12.1 Å². The summed E-state index contributed by atoms with van der Waals surface area (Å²) in [6.45, 7) is 12.4. The van der Waals surface area contributed by atoms with Crippen molar-refractivity contribution < 1.29 is 0 Å². The molecule has 2 rings (SSSR count). The third kappa shape index (κ3) is 3.43. The van der Waals surface area contributed by atoms with Crippen molar-refractivity contribution in [2.75, 3.05) is 46.3 Å². The van der Waals surface area contributed by atoms with Crippen LogP contribution < -0.4 is 0 Å². The van der Waals surface area contributed by atoms with Gasteiger partial charge in [-0.3, -0.25) is 9.80 Å². The highest BCUT2D eigenvalue weighted by atomic mass is 15.3. The molecule has 0 aromatic heterocycles. The molecule has 100 valence electrons. The van der Waals surface area contributed by atoms with Crippen LogP contribution in [0.15, 0.2) is 0 Å². The van der Waals surface area contributed by atoms with Gasteiger partial charge >= 0.3 is 0 Å². The predicted octanol–water partition coefficient (Wildman–Crippen LogP) is 1.50. The molecular weight excluding hydrogens is 210 g/mol. The van der Waals surface area contributed by atoms with E-state index in [-0.39, 0.29) is 0 Å². The zero-order valence-corrected chi connectivity index (χ0v) is 11.9. The van der Waals surface area contributed by atoms with Crippen molar-refractivity contribution in [1.29, 1.82) is 0 Å². The second-order valence-electron chi connectivity index (χ2n) is 5.91. The lowest BCUT2D eigenvalue weighted by atomic mass is 10.0. The topological polar surface area (TPSA) is 9.72 Å². The molecule has 2 saturated heterocycles. The van der Waals surface area contributed by atoms with Gasteiger partial charge in [0.05, 0.1) is 0 Å². The maximum atomic E-state index is 2.75. The first-order valence-corrected chi connectivity index (χ1v) is 7.37. The average Bonchev–Trinajstić information content (AvgIpc) is 2.33. The minimum Gasteiger partial charge on any atom is -0.306 e. The van der Waals surface area contributed by atoms with Crippen LogP contribution in [0.5, 0.6) is 0 Å². The van der Waals surface area contributed by atoms with Gasteiger partial charge in [-0.15, -0.1) is 0 Å². The van der Waals surface area contributed by atoms with E-state index in [9.17, 15) is 0 Å². The van der Waals surface area contributed by atoms with Crippen molar-refractivity contribution >= 4 is 0 Å². The normalized spacial score (nSPS) is 30.9. The highest BCUT2D eigenvalue weighted by Crippen LogP contribution is 2.19. The van der Waals surface area contributed by atoms with Crippen LogP contribution in [-0.4, -0.2) is 73.1 Å². The maximum absolute atomic E-state index is 2.75. The SMILES string of the molecule is CCCN1CCN(C2CCN(C)CC2)CC1C. The van der Waals surface area contributed by atoms with Crippen LogP contribution in [0.4, 0.5) is 0 Å². The van der Waals surface area contributed by atoms with Gasteiger partial charge in [0.1, 0.15) is 0 Å². The summed E-state index contributed by atoms with van der Waals surface area (Å²) < 4.78 is 0. The van der Waals surface area contributed by atoms with E-state index in [4.69, 9.17) is 0 Å². The van der Waals surface area contributed by atoms with Gasteiger partial charge in [0.2, 0.25) is 0 Å². The van der Waals surface area contributed by atoms with Crippen molar-refractivity contribution in [3.05, 3.63) is 0 Å². The molecule has 0 saturated carbocycles. The summed E-state index contributed by atoms with van der Waals surface area (Å²) in [4.78, 5) is 7.88. The summed E-state index contributed by atoms with van der Waals surface area (Å²) in [5.74, 6) is 0. The van der Waals surface area contributed by atoms with E-state index >= 15 is 0 Å². The highest BCUT2D eigenvalue weighted by molar-refractivity contribution is 4.85. The molecule has 0 aromatic carbocycles. The Morgan fingerprint density at radius 1 is 1.06 bits per heavy atom. The maximum Gasteiger partial charge on any atom is 0.0195 e. The lowest BCUT2D eigenvalue weighted by Crippen LogP contribution is -2.56. The predicted molar refractivity (Wildman–Crippen MR) is 73.4 cm³/mol. The number of hydrogen-bond acceptors (Lipinski definition) is 3. The van der Waals surface area contributed by atoms with Gasteiger partial charge < -0.3 is 4.90 Å². The Hall–Kier alpha value is -0.120. The van der Waals surface area contributed by atoms with E-state index in [1.54, 1.807) is 0 Å². The van der Waals surface area contributed by atoms with Crippen molar-refractivity contribution in [3.8, 4) is 0 Å². The zero-order valence-electron chi connectivity index (χ0n) is 11.9. The average molecular weight is 239 g/mol. The molecule has 3 nitrogen and oxygen atoms in total. The summed E-state index contributed by atoms with van der Waals surface area (Å²) in [5, 5.41) is 0. The Morgan fingerprint density at radius 2 is 1.76 bits per heavy atom. The fourth-order valence-corrected chi connectivity index (χ4v) is 3.33. The molecular formula is C14H29N3. The van der Waals surface area contributed by atoms with Gasteiger partial charge in [0.15, 0.2) is 0 Å². The number of hydrogen-bond donors (Lipinski definition) is 0. The van der Waals surface area contributed by atoms with Gasteiger partial charge in [-0.25, -0.2) is 0 Å². The van der Waals surface area contributed by atoms with Gasteiger partial charge in [-0.05, 0) is 52.9 Å². The number of piperazine rings is 1. The van der Waals surface area contributed by atoms with Crippen LogP contribution in [-0.2, 0) is 0 Å². The lowest BCUT2D eigenvalue weighted by molar-refractivity contribution is 0.0343. The molecule has 2 aliphatic heterocycles. The Bertz CT molecular complexity index is 224. The first kappa shape index (κ1) is 13.3. The number of likely N-dealkylation sites (tertiary alicyclic amines) is 1. The Morgan fingerprint density at radius 3 is 2.35 bits per heavy atom. The van der Waals surface area contributed by atoms with E-state index in [1.165, 1.54) is 58.5 Å². The van der Waals surface area contributed by atoms with Crippen molar-refractivity contribution in [2.24, 2.45) is 0 Å². The minimum atomic E-state index is 0.753. The second kappa shape index (κ2) is 6.17. The third-order valence-electron chi connectivity index (χ3n) is 4.51. The van der Waals surface area contributed by atoms with Gasteiger partial charge in [-0.1, -0.05) is 6.92 Å². The molecule has 0 aliphatic carbocycles. The monoisotopic (exact) mass is 239 g/mol. The van der Waals surface area contributed by atoms with Crippen LogP contribution in [0.2, 0.25) is 0 Å². The van der Waals surface area contributed by atoms with Crippen molar-refractivity contribution in [3.63, 3.8) is 0 Å². The molecule has 1 atom stereocenters. The fraction of sp³-hybridized carbons (Fsp3) is 1.00. The first-order chi connectivity index (χ1) is 8.20. The Balaban J connectivity index is 1.80. The fourth-order valence-electron chi connectivity index (χ4n) is 3.33. The van der Waals surface area contributed by atoms with Crippen molar-refractivity contribution in [1.82, 2.24) is 14.7 Å². The van der Waals surface area contributed by atoms with Crippen LogP contribution in [0, 0.1) is 0 Å². The summed E-state index contributed by atoms with van der Waals surface area (Å²) in [6.07, 6.45) is 4.03. The second-order valence-corrected chi connectivity index (χ2v) is 5.91. The van der Waals surface area contributed by atoms with Gasteiger partial charge in [-0.2, -0.15) is 0 Å².